The quantitative estimate of drug-likeness (QED) is 0.424. The topological polar surface area (TPSA) is 118 Å². The van der Waals surface area contributed by atoms with Gasteiger partial charge in [-0.05, 0) is 61.5 Å². The molecular weight excluding hydrogens is 430 g/mol. The molecule has 0 fully saturated rings. The van der Waals surface area contributed by atoms with Crippen molar-refractivity contribution in [3.63, 3.8) is 0 Å². The van der Waals surface area contributed by atoms with Crippen molar-refractivity contribution in [3.05, 3.63) is 93.0 Å². The van der Waals surface area contributed by atoms with Gasteiger partial charge in [-0.3, -0.25) is 19.6 Å². The number of benzene rings is 3. The first-order chi connectivity index (χ1) is 14.2. The molecule has 0 atom stereocenters. The first kappa shape index (κ1) is 21.3. The molecule has 30 heavy (non-hydrogen) atoms. The highest BCUT2D eigenvalue weighted by Crippen LogP contribution is 2.22. The molecule has 0 radical (unpaired) electrons. The molecule has 0 bridgehead atoms. The monoisotopic (exact) mass is 445 g/mol. The van der Waals surface area contributed by atoms with E-state index in [0.29, 0.717) is 22.0 Å². The molecule has 2 N–H and O–H groups in total. The molecule has 154 valence electrons. The predicted molar refractivity (Wildman–Crippen MR) is 114 cm³/mol. The van der Waals surface area contributed by atoms with Crippen molar-refractivity contribution in [2.24, 2.45) is 0 Å². The number of nitrogens with zero attached hydrogens (tertiary/aromatic N) is 1. The van der Waals surface area contributed by atoms with E-state index in [0.717, 1.165) is 0 Å². The lowest BCUT2D eigenvalue weighted by atomic mass is 10.1. The number of rotatable bonds is 6. The first-order valence-corrected chi connectivity index (χ1v) is 10.5. The van der Waals surface area contributed by atoms with E-state index in [9.17, 15) is 23.3 Å². The zero-order valence-corrected chi connectivity index (χ0v) is 17.2. The zero-order valence-electron chi connectivity index (χ0n) is 15.6. The highest BCUT2D eigenvalue weighted by molar-refractivity contribution is 7.92. The second-order valence-electron chi connectivity index (χ2n) is 6.35. The Labute approximate surface area is 177 Å². The SMILES string of the molecule is Cc1cc(C(=O)Nc2ccc(S(=O)(=O)Nc3cccc(Cl)c3)cc2)ccc1[N+](=O)[O-]. The predicted octanol–water partition coefficient (Wildman–Crippen LogP) is 4.61. The number of sulfonamides is 1. The summed E-state index contributed by atoms with van der Waals surface area (Å²) < 4.78 is 27.4. The maximum absolute atomic E-state index is 12.5. The smallest absolute Gasteiger partial charge is 0.272 e. The van der Waals surface area contributed by atoms with Crippen molar-refractivity contribution in [2.75, 3.05) is 10.0 Å². The minimum atomic E-state index is -3.83. The number of carbonyl (C=O) groups excluding carboxylic acids is 1. The molecule has 0 heterocycles. The molecule has 0 unspecified atom stereocenters. The van der Waals surface area contributed by atoms with Gasteiger partial charge in [0, 0.05) is 27.9 Å². The molecule has 0 aliphatic rings. The Kier molecular flexibility index (Phi) is 6.04. The van der Waals surface area contributed by atoms with Crippen LogP contribution in [-0.4, -0.2) is 19.2 Å². The van der Waals surface area contributed by atoms with Crippen LogP contribution in [0.2, 0.25) is 5.02 Å². The molecule has 0 spiro atoms. The third-order valence-electron chi connectivity index (χ3n) is 4.15. The summed E-state index contributed by atoms with van der Waals surface area (Å²) in [6.07, 6.45) is 0. The minimum absolute atomic E-state index is 0.00616. The van der Waals surface area contributed by atoms with Crippen LogP contribution in [-0.2, 0) is 10.0 Å². The second kappa shape index (κ2) is 8.52. The third-order valence-corrected chi connectivity index (χ3v) is 5.79. The van der Waals surface area contributed by atoms with Crippen LogP contribution in [0.4, 0.5) is 17.1 Å². The molecule has 1 amide bonds. The average molecular weight is 446 g/mol. The van der Waals surface area contributed by atoms with Gasteiger partial charge >= 0.3 is 0 Å². The molecule has 3 rings (SSSR count). The van der Waals surface area contributed by atoms with Gasteiger partial charge in [-0.25, -0.2) is 8.42 Å². The van der Waals surface area contributed by atoms with E-state index >= 15 is 0 Å². The lowest BCUT2D eigenvalue weighted by Crippen LogP contribution is -2.14. The Morgan fingerprint density at radius 1 is 1.00 bits per heavy atom. The van der Waals surface area contributed by atoms with Gasteiger partial charge < -0.3 is 5.32 Å². The van der Waals surface area contributed by atoms with Gasteiger partial charge in [0.15, 0.2) is 0 Å². The van der Waals surface area contributed by atoms with Gasteiger partial charge in [0.05, 0.1) is 15.5 Å². The van der Waals surface area contributed by atoms with E-state index in [1.165, 1.54) is 48.5 Å². The molecule has 8 nitrogen and oxygen atoms in total. The molecule has 3 aromatic rings. The Hall–Kier alpha value is -3.43. The number of hydrogen-bond donors (Lipinski definition) is 2. The van der Waals surface area contributed by atoms with E-state index in [4.69, 9.17) is 11.6 Å². The Morgan fingerprint density at radius 3 is 2.30 bits per heavy atom. The summed E-state index contributed by atoms with van der Waals surface area (Å²) in [5.74, 6) is -0.472. The fourth-order valence-electron chi connectivity index (χ4n) is 2.69. The van der Waals surface area contributed by atoms with E-state index in [-0.39, 0.29) is 16.1 Å². The Morgan fingerprint density at radius 2 is 1.70 bits per heavy atom. The van der Waals surface area contributed by atoms with Crippen molar-refractivity contribution in [1.82, 2.24) is 0 Å². The summed E-state index contributed by atoms with van der Waals surface area (Å²) in [6.45, 7) is 1.54. The number of amides is 1. The number of nitro benzene ring substituents is 1. The fourth-order valence-corrected chi connectivity index (χ4v) is 3.93. The Balaban J connectivity index is 1.73. The number of nitro groups is 1. The molecule has 10 heteroatoms. The number of hydrogen-bond acceptors (Lipinski definition) is 5. The van der Waals surface area contributed by atoms with Gasteiger partial charge in [-0.2, -0.15) is 0 Å². The van der Waals surface area contributed by atoms with Gasteiger partial charge in [0.25, 0.3) is 21.6 Å². The molecule has 0 aromatic heterocycles. The highest BCUT2D eigenvalue weighted by Gasteiger charge is 2.16. The summed E-state index contributed by atoms with van der Waals surface area (Å²) in [5, 5.41) is 13.9. The largest absolute Gasteiger partial charge is 0.322 e. The third kappa shape index (κ3) is 4.94. The number of anilines is 2. The maximum Gasteiger partial charge on any atom is 0.272 e. The van der Waals surface area contributed by atoms with Crippen molar-refractivity contribution in [2.45, 2.75) is 11.8 Å². The standard InChI is InChI=1S/C20H16ClN3O5S/c1-13-11-14(5-10-19(13)24(26)27)20(25)22-16-6-8-18(9-7-16)30(28,29)23-17-4-2-3-15(21)12-17/h2-12,23H,1H3,(H,22,25). The normalized spacial score (nSPS) is 11.0. The summed E-state index contributed by atoms with van der Waals surface area (Å²) in [6, 6.07) is 15.9. The summed E-state index contributed by atoms with van der Waals surface area (Å²) in [4.78, 5) is 22.7. The number of aryl methyl sites for hydroxylation is 1. The lowest BCUT2D eigenvalue weighted by molar-refractivity contribution is -0.385. The van der Waals surface area contributed by atoms with Gasteiger partial charge in [0.2, 0.25) is 0 Å². The molecule has 0 aliphatic heterocycles. The van der Waals surface area contributed by atoms with Crippen LogP contribution in [0.1, 0.15) is 15.9 Å². The van der Waals surface area contributed by atoms with Crippen LogP contribution in [0.3, 0.4) is 0 Å². The van der Waals surface area contributed by atoms with Crippen LogP contribution >= 0.6 is 11.6 Å². The van der Waals surface area contributed by atoms with Crippen molar-refractivity contribution < 1.29 is 18.1 Å². The lowest BCUT2D eigenvalue weighted by Gasteiger charge is -2.10. The zero-order chi connectivity index (χ0) is 21.9. The molecule has 0 saturated carbocycles. The van der Waals surface area contributed by atoms with E-state index in [1.54, 1.807) is 25.1 Å². The van der Waals surface area contributed by atoms with Crippen molar-refractivity contribution >= 4 is 44.6 Å². The summed E-state index contributed by atoms with van der Waals surface area (Å²) in [5.41, 5.74) is 1.23. The number of carbonyl (C=O) groups is 1. The van der Waals surface area contributed by atoms with E-state index in [2.05, 4.69) is 10.0 Å². The van der Waals surface area contributed by atoms with Crippen molar-refractivity contribution in [3.8, 4) is 0 Å². The number of halogens is 1. The maximum atomic E-state index is 12.5. The molecule has 3 aromatic carbocycles. The Bertz CT molecular complexity index is 1230. The van der Waals surface area contributed by atoms with Gasteiger partial charge in [-0.1, -0.05) is 17.7 Å². The van der Waals surface area contributed by atoms with Crippen LogP contribution in [0.5, 0.6) is 0 Å². The fraction of sp³-hybridized carbons (Fsp3) is 0.0500. The van der Waals surface area contributed by atoms with Crippen LogP contribution in [0.15, 0.2) is 71.6 Å². The van der Waals surface area contributed by atoms with E-state index < -0.39 is 20.9 Å². The van der Waals surface area contributed by atoms with Crippen LogP contribution in [0, 0.1) is 17.0 Å². The number of nitrogens with one attached hydrogen (secondary N) is 2. The van der Waals surface area contributed by atoms with Gasteiger partial charge in [-0.15, -0.1) is 0 Å². The molecule has 0 aliphatic carbocycles. The van der Waals surface area contributed by atoms with Crippen molar-refractivity contribution in [1.29, 1.82) is 0 Å². The molecular formula is C20H16ClN3O5S. The minimum Gasteiger partial charge on any atom is -0.322 e. The molecule has 0 saturated heterocycles. The van der Waals surface area contributed by atoms with Gasteiger partial charge in [0.1, 0.15) is 0 Å². The summed E-state index contributed by atoms with van der Waals surface area (Å²) in [7, 11) is -3.83. The van der Waals surface area contributed by atoms with E-state index in [1.807, 2.05) is 0 Å². The average Bonchev–Trinajstić information content (AvgIpc) is 2.67. The van der Waals surface area contributed by atoms with Crippen LogP contribution in [0.25, 0.3) is 0 Å². The summed E-state index contributed by atoms with van der Waals surface area (Å²) >= 11 is 5.86. The van der Waals surface area contributed by atoms with Crippen LogP contribution < -0.4 is 10.0 Å². The second-order valence-corrected chi connectivity index (χ2v) is 8.47. The highest BCUT2D eigenvalue weighted by atomic mass is 35.5. The first-order valence-electron chi connectivity index (χ1n) is 8.60.